The largest absolute Gasteiger partial charge is 0.493 e. The smallest absolute Gasteiger partial charge is 0.243 e. The summed E-state index contributed by atoms with van der Waals surface area (Å²) in [5.41, 5.74) is 1.61. The van der Waals surface area contributed by atoms with Crippen LogP contribution < -0.4 is 9.47 Å². The molecular formula is C23H28N4O5S. The van der Waals surface area contributed by atoms with Crippen LogP contribution in [0.3, 0.4) is 0 Å². The minimum Gasteiger partial charge on any atom is -0.493 e. The minimum atomic E-state index is -3.71. The summed E-state index contributed by atoms with van der Waals surface area (Å²) in [6.07, 6.45) is 0. The summed E-state index contributed by atoms with van der Waals surface area (Å²) >= 11 is 0. The van der Waals surface area contributed by atoms with Crippen LogP contribution in [0.1, 0.15) is 11.1 Å². The summed E-state index contributed by atoms with van der Waals surface area (Å²) in [4.78, 5) is 16.4. The van der Waals surface area contributed by atoms with Crippen LogP contribution in [0.5, 0.6) is 11.5 Å². The number of rotatable bonds is 8. The van der Waals surface area contributed by atoms with E-state index in [1.807, 2.05) is 24.1 Å². The van der Waals surface area contributed by atoms with Crippen molar-refractivity contribution in [2.45, 2.75) is 11.4 Å². The number of hydrogen-bond donors (Lipinski definition) is 0. The van der Waals surface area contributed by atoms with Crippen LogP contribution in [0, 0.1) is 11.3 Å². The molecule has 9 nitrogen and oxygen atoms in total. The Bertz CT molecular complexity index is 1120. The normalized spacial score (nSPS) is 14.7. The van der Waals surface area contributed by atoms with Crippen LogP contribution in [0.4, 0.5) is 0 Å². The Balaban J connectivity index is 1.56. The quantitative estimate of drug-likeness (QED) is 0.574. The van der Waals surface area contributed by atoms with Gasteiger partial charge in [-0.1, -0.05) is 12.1 Å². The number of methoxy groups -OCH3 is 2. The van der Waals surface area contributed by atoms with Crippen LogP contribution in [0.2, 0.25) is 0 Å². The van der Waals surface area contributed by atoms with Gasteiger partial charge in [-0.2, -0.15) is 9.57 Å². The molecule has 0 atom stereocenters. The molecule has 0 bridgehead atoms. The van der Waals surface area contributed by atoms with Gasteiger partial charge in [-0.3, -0.25) is 9.69 Å². The van der Waals surface area contributed by atoms with Crippen LogP contribution in [-0.2, 0) is 21.4 Å². The van der Waals surface area contributed by atoms with E-state index >= 15 is 0 Å². The van der Waals surface area contributed by atoms with E-state index in [0.717, 1.165) is 5.56 Å². The van der Waals surface area contributed by atoms with Gasteiger partial charge in [-0.15, -0.1) is 0 Å². The van der Waals surface area contributed by atoms with Crippen LogP contribution in [-0.4, -0.2) is 82.4 Å². The molecule has 3 rings (SSSR count). The molecular weight excluding hydrogens is 444 g/mol. The average molecular weight is 473 g/mol. The molecule has 0 aliphatic carbocycles. The standard InChI is InChI=1S/C23H28N4O5S/c1-25(16-19-6-4-18(15-24)5-7-19)17-23(28)26-10-12-27(13-11-26)33(29,30)20-8-9-21(31-2)22(14-20)32-3/h4-9,14H,10-13,16-17H2,1-3H3. The highest BCUT2D eigenvalue weighted by Crippen LogP contribution is 2.30. The van der Waals surface area contributed by atoms with Gasteiger partial charge in [0.1, 0.15) is 0 Å². The van der Waals surface area contributed by atoms with Crippen molar-refractivity contribution < 1.29 is 22.7 Å². The summed E-state index contributed by atoms with van der Waals surface area (Å²) < 4.78 is 37.9. The molecule has 1 amide bonds. The third-order valence-electron chi connectivity index (χ3n) is 5.52. The molecule has 10 heteroatoms. The predicted octanol–water partition coefficient (Wildman–Crippen LogP) is 1.54. The zero-order valence-electron chi connectivity index (χ0n) is 19.0. The Hall–Kier alpha value is -3.13. The van der Waals surface area contributed by atoms with E-state index in [-0.39, 0.29) is 30.4 Å². The Morgan fingerprint density at radius 1 is 1.03 bits per heavy atom. The zero-order chi connectivity index (χ0) is 24.0. The Morgan fingerprint density at radius 3 is 2.24 bits per heavy atom. The van der Waals surface area contributed by atoms with Gasteiger partial charge in [0.25, 0.3) is 0 Å². The Kier molecular flexibility index (Phi) is 7.92. The highest BCUT2D eigenvalue weighted by atomic mass is 32.2. The number of benzene rings is 2. The number of piperazine rings is 1. The van der Waals surface area contributed by atoms with Gasteiger partial charge < -0.3 is 14.4 Å². The van der Waals surface area contributed by atoms with Crippen LogP contribution in [0.25, 0.3) is 0 Å². The topological polar surface area (TPSA) is 103 Å². The van der Waals surface area contributed by atoms with Crippen molar-refractivity contribution in [1.82, 2.24) is 14.1 Å². The van der Waals surface area contributed by atoms with Gasteiger partial charge in [0.15, 0.2) is 11.5 Å². The van der Waals surface area contributed by atoms with Gasteiger partial charge in [-0.25, -0.2) is 8.42 Å². The lowest BCUT2D eigenvalue weighted by atomic mass is 10.1. The summed E-state index contributed by atoms with van der Waals surface area (Å²) in [5.74, 6) is 0.754. The molecule has 1 aliphatic rings. The number of carbonyl (C=O) groups is 1. The number of carbonyl (C=O) groups excluding carboxylic acids is 1. The first-order chi connectivity index (χ1) is 15.8. The van der Waals surface area contributed by atoms with E-state index in [1.54, 1.807) is 23.1 Å². The molecule has 2 aromatic carbocycles. The number of ether oxygens (including phenoxy) is 2. The fourth-order valence-corrected chi connectivity index (χ4v) is 5.13. The van der Waals surface area contributed by atoms with Crippen molar-refractivity contribution in [2.75, 3.05) is 54.0 Å². The van der Waals surface area contributed by atoms with E-state index in [9.17, 15) is 13.2 Å². The van der Waals surface area contributed by atoms with E-state index < -0.39 is 10.0 Å². The summed E-state index contributed by atoms with van der Waals surface area (Å²) in [6.45, 7) is 1.91. The lowest BCUT2D eigenvalue weighted by Crippen LogP contribution is -2.52. The van der Waals surface area contributed by atoms with Gasteiger partial charge in [-0.05, 0) is 36.9 Å². The molecule has 0 radical (unpaired) electrons. The average Bonchev–Trinajstić information content (AvgIpc) is 2.83. The molecule has 1 heterocycles. The molecule has 0 N–H and O–H groups in total. The first kappa shape index (κ1) is 24.5. The van der Waals surface area contributed by atoms with Gasteiger partial charge in [0.2, 0.25) is 15.9 Å². The number of amides is 1. The number of likely N-dealkylation sites (N-methyl/N-ethyl adjacent to an activating group) is 1. The minimum absolute atomic E-state index is 0.0469. The van der Waals surface area contributed by atoms with Gasteiger partial charge >= 0.3 is 0 Å². The van der Waals surface area contributed by atoms with E-state index in [0.29, 0.717) is 36.7 Å². The third kappa shape index (κ3) is 5.82. The van der Waals surface area contributed by atoms with Crippen molar-refractivity contribution in [3.63, 3.8) is 0 Å². The first-order valence-electron chi connectivity index (χ1n) is 10.5. The lowest BCUT2D eigenvalue weighted by Gasteiger charge is -2.34. The summed E-state index contributed by atoms with van der Waals surface area (Å²) in [6, 6.07) is 13.8. The molecule has 0 aromatic heterocycles. The van der Waals surface area contributed by atoms with Crippen molar-refractivity contribution in [1.29, 1.82) is 5.26 Å². The van der Waals surface area contributed by atoms with Crippen LogP contribution in [0.15, 0.2) is 47.4 Å². The molecule has 1 saturated heterocycles. The van der Waals surface area contributed by atoms with Crippen molar-refractivity contribution in [3.05, 3.63) is 53.6 Å². The molecule has 1 fully saturated rings. The van der Waals surface area contributed by atoms with Crippen molar-refractivity contribution in [3.8, 4) is 17.6 Å². The molecule has 1 aliphatic heterocycles. The molecule has 2 aromatic rings. The van der Waals surface area contributed by atoms with Crippen molar-refractivity contribution >= 4 is 15.9 Å². The summed E-state index contributed by atoms with van der Waals surface area (Å²) in [7, 11) is 1.09. The van der Waals surface area contributed by atoms with Gasteiger partial charge in [0, 0.05) is 38.8 Å². The Morgan fingerprint density at radius 2 is 1.67 bits per heavy atom. The second-order valence-electron chi connectivity index (χ2n) is 7.78. The van der Waals surface area contributed by atoms with E-state index in [4.69, 9.17) is 14.7 Å². The van der Waals surface area contributed by atoms with E-state index in [2.05, 4.69) is 6.07 Å². The molecule has 0 unspecified atom stereocenters. The summed E-state index contributed by atoms with van der Waals surface area (Å²) in [5, 5.41) is 8.89. The van der Waals surface area contributed by atoms with Gasteiger partial charge in [0.05, 0.1) is 37.3 Å². The number of nitrogens with zero attached hydrogens (tertiary/aromatic N) is 4. The number of sulfonamides is 1. The second-order valence-corrected chi connectivity index (χ2v) is 9.72. The molecule has 0 saturated carbocycles. The Labute approximate surface area is 194 Å². The van der Waals surface area contributed by atoms with Crippen molar-refractivity contribution in [2.24, 2.45) is 0 Å². The lowest BCUT2D eigenvalue weighted by molar-refractivity contribution is -0.133. The maximum atomic E-state index is 13.1. The maximum Gasteiger partial charge on any atom is 0.243 e. The van der Waals surface area contributed by atoms with Crippen LogP contribution >= 0.6 is 0 Å². The zero-order valence-corrected chi connectivity index (χ0v) is 19.8. The van der Waals surface area contributed by atoms with E-state index in [1.165, 1.54) is 30.7 Å². The number of hydrogen-bond acceptors (Lipinski definition) is 7. The SMILES string of the molecule is COc1ccc(S(=O)(=O)N2CCN(C(=O)CN(C)Cc3ccc(C#N)cc3)CC2)cc1OC. The highest BCUT2D eigenvalue weighted by molar-refractivity contribution is 7.89. The second kappa shape index (κ2) is 10.7. The fraction of sp³-hybridized carbons (Fsp3) is 0.391. The highest BCUT2D eigenvalue weighted by Gasteiger charge is 2.31. The molecule has 33 heavy (non-hydrogen) atoms. The number of nitriles is 1. The predicted molar refractivity (Wildman–Crippen MR) is 122 cm³/mol. The molecule has 176 valence electrons. The maximum absolute atomic E-state index is 13.1. The first-order valence-corrected chi connectivity index (χ1v) is 11.9. The third-order valence-corrected chi connectivity index (χ3v) is 7.42. The monoisotopic (exact) mass is 472 g/mol. The molecule has 0 spiro atoms. The fourth-order valence-electron chi connectivity index (χ4n) is 3.69.